The van der Waals surface area contributed by atoms with Crippen molar-refractivity contribution in [3.8, 4) is 0 Å². The number of hydrogen-bond donors (Lipinski definition) is 2. The van der Waals surface area contributed by atoms with Gasteiger partial charge in [-0.15, -0.1) is 0 Å². The largest absolute Gasteiger partial charge is 0.369 e. The predicted octanol–water partition coefficient (Wildman–Crippen LogP) is 2.42. The molecule has 0 spiro atoms. The summed E-state index contributed by atoms with van der Waals surface area (Å²) in [5.74, 6) is 0. The van der Waals surface area contributed by atoms with Crippen LogP contribution in [0.3, 0.4) is 0 Å². The van der Waals surface area contributed by atoms with Gasteiger partial charge in [-0.2, -0.15) is 0 Å². The second-order valence-corrected chi connectivity index (χ2v) is 4.98. The summed E-state index contributed by atoms with van der Waals surface area (Å²) in [6.07, 6.45) is -0.419. The normalized spacial score (nSPS) is 13.7. The zero-order chi connectivity index (χ0) is 15.6. The topological polar surface area (TPSA) is 70.5 Å². The van der Waals surface area contributed by atoms with E-state index >= 15 is 0 Å². The maximum atomic E-state index is 6.00. The van der Waals surface area contributed by atoms with Crippen molar-refractivity contribution in [3.63, 3.8) is 0 Å². The Morgan fingerprint density at radius 3 is 1.32 bits per heavy atom. The van der Waals surface area contributed by atoms with Crippen molar-refractivity contribution in [3.05, 3.63) is 71.8 Å². The van der Waals surface area contributed by atoms with Crippen molar-refractivity contribution >= 4 is 0 Å². The van der Waals surface area contributed by atoms with Crippen molar-refractivity contribution in [1.82, 2.24) is 0 Å². The first kappa shape index (κ1) is 16.6. The Bertz CT molecular complexity index is 470. The number of nitrogens with two attached hydrogens (primary N) is 2. The Morgan fingerprint density at radius 2 is 1.00 bits per heavy atom. The molecule has 0 aliphatic carbocycles. The summed E-state index contributed by atoms with van der Waals surface area (Å²) in [4.78, 5) is 0. The summed E-state index contributed by atoms with van der Waals surface area (Å²) in [5, 5.41) is 0. The van der Waals surface area contributed by atoms with Gasteiger partial charge in [0.2, 0.25) is 0 Å². The third kappa shape index (κ3) is 4.64. The van der Waals surface area contributed by atoms with Crippen LogP contribution < -0.4 is 11.5 Å². The van der Waals surface area contributed by atoms with Gasteiger partial charge in [-0.3, -0.25) is 0 Å². The minimum atomic E-state index is -0.210. The predicted molar refractivity (Wildman–Crippen MR) is 88.4 cm³/mol. The Hall–Kier alpha value is -1.72. The molecule has 4 N–H and O–H groups in total. The molecule has 0 saturated heterocycles. The molecule has 2 atom stereocenters. The monoisotopic (exact) mass is 300 g/mol. The van der Waals surface area contributed by atoms with Gasteiger partial charge in [0.1, 0.15) is 12.2 Å². The highest BCUT2D eigenvalue weighted by atomic mass is 16.5. The molecule has 2 aromatic carbocycles. The summed E-state index contributed by atoms with van der Waals surface area (Å²) in [6.45, 7) is 1.91. The molecule has 0 radical (unpaired) electrons. The van der Waals surface area contributed by atoms with Crippen molar-refractivity contribution < 1.29 is 9.47 Å². The minimum Gasteiger partial charge on any atom is -0.369 e. The molecule has 0 aromatic heterocycles. The average Bonchev–Trinajstić information content (AvgIpc) is 2.59. The molecule has 4 nitrogen and oxygen atoms in total. The van der Waals surface area contributed by atoms with E-state index in [-0.39, 0.29) is 12.2 Å². The zero-order valence-electron chi connectivity index (χ0n) is 12.7. The van der Waals surface area contributed by atoms with Crippen LogP contribution >= 0.6 is 0 Å². The third-order valence-electron chi connectivity index (χ3n) is 3.36. The van der Waals surface area contributed by atoms with Gasteiger partial charge >= 0.3 is 0 Å². The molecule has 4 heteroatoms. The molecule has 0 unspecified atom stereocenters. The molecule has 0 aliphatic heterocycles. The molecule has 2 aromatic rings. The highest BCUT2D eigenvalue weighted by Gasteiger charge is 2.26. The first-order valence-electron chi connectivity index (χ1n) is 7.60. The lowest BCUT2D eigenvalue weighted by Gasteiger charge is -2.28. The van der Waals surface area contributed by atoms with Gasteiger partial charge in [-0.1, -0.05) is 60.7 Å². The Kier molecular flexibility index (Phi) is 7.06. The smallest absolute Gasteiger partial charge is 0.113 e. The lowest BCUT2D eigenvalue weighted by molar-refractivity contribution is -0.0742. The van der Waals surface area contributed by atoms with Crippen LogP contribution in [0.25, 0.3) is 0 Å². The van der Waals surface area contributed by atoms with Gasteiger partial charge in [0.15, 0.2) is 0 Å². The Balaban J connectivity index is 2.30. The standard InChI is InChI=1S/C18H24N2O2/c19-11-13-21-17(15-7-3-1-4-8-15)18(22-14-12-20)16-9-5-2-6-10-16/h1-10,17-18H,11-14,19-20H2/t17-,18-/m1/s1. The van der Waals surface area contributed by atoms with E-state index < -0.39 is 0 Å². The average molecular weight is 300 g/mol. The second kappa shape index (κ2) is 9.33. The van der Waals surface area contributed by atoms with Gasteiger partial charge in [-0.25, -0.2) is 0 Å². The van der Waals surface area contributed by atoms with Crippen LogP contribution in [0.4, 0.5) is 0 Å². The van der Waals surface area contributed by atoms with E-state index in [1.54, 1.807) is 0 Å². The van der Waals surface area contributed by atoms with Crippen LogP contribution in [-0.4, -0.2) is 26.3 Å². The SMILES string of the molecule is NCCO[C@H](c1ccccc1)[C@H](OCCN)c1ccccc1. The summed E-state index contributed by atoms with van der Waals surface area (Å²) in [7, 11) is 0. The molecular formula is C18H24N2O2. The number of ether oxygens (including phenoxy) is 2. The van der Waals surface area contributed by atoms with E-state index in [2.05, 4.69) is 0 Å². The van der Waals surface area contributed by atoms with E-state index in [0.29, 0.717) is 26.3 Å². The summed E-state index contributed by atoms with van der Waals surface area (Å²) in [6, 6.07) is 20.2. The highest BCUT2D eigenvalue weighted by molar-refractivity contribution is 5.25. The van der Waals surface area contributed by atoms with Crippen LogP contribution in [0.1, 0.15) is 23.3 Å². The van der Waals surface area contributed by atoms with Crippen LogP contribution in [0.2, 0.25) is 0 Å². The molecule has 0 fully saturated rings. The first-order chi connectivity index (χ1) is 10.9. The quantitative estimate of drug-likeness (QED) is 0.746. The summed E-state index contributed by atoms with van der Waals surface area (Å²) >= 11 is 0. The van der Waals surface area contributed by atoms with Crippen LogP contribution in [0.5, 0.6) is 0 Å². The second-order valence-electron chi connectivity index (χ2n) is 4.98. The molecule has 0 aliphatic rings. The van der Waals surface area contributed by atoms with Gasteiger partial charge in [0.05, 0.1) is 13.2 Å². The fraction of sp³-hybridized carbons (Fsp3) is 0.333. The first-order valence-corrected chi connectivity index (χ1v) is 7.60. The van der Waals surface area contributed by atoms with E-state index in [0.717, 1.165) is 11.1 Å². The molecule has 22 heavy (non-hydrogen) atoms. The van der Waals surface area contributed by atoms with Crippen molar-refractivity contribution in [1.29, 1.82) is 0 Å². The highest BCUT2D eigenvalue weighted by Crippen LogP contribution is 2.34. The third-order valence-corrected chi connectivity index (χ3v) is 3.36. The zero-order valence-corrected chi connectivity index (χ0v) is 12.7. The van der Waals surface area contributed by atoms with Crippen LogP contribution in [-0.2, 0) is 9.47 Å². The lowest BCUT2D eigenvalue weighted by Crippen LogP contribution is -2.23. The molecular weight excluding hydrogens is 276 g/mol. The fourth-order valence-electron chi connectivity index (χ4n) is 2.39. The molecule has 0 bridgehead atoms. The van der Waals surface area contributed by atoms with Crippen molar-refractivity contribution in [2.24, 2.45) is 11.5 Å². The molecule has 0 saturated carbocycles. The number of rotatable bonds is 9. The molecule has 118 valence electrons. The van der Waals surface area contributed by atoms with Crippen molar-refractivity contribution in [2.45, 2.75) is 12.2 Å². The van der Waals surface area contributed by atoms with E-state index in [1.807, 2.05) is 60.7 Å². The number of benzene rings is 2. The van der Waals surface area contributed by atoms with Gasteiger partial charge in [0.25, 0.3) is 0 Å². The van der Waals surface area contributed by atoms with Gasteiger partial charge < -0.3 is 20.9 Å². The van der Waals surface area contributed by atoms with E-state index in [4.69, 9.17) is 20.9 Å². The van der Waals surface area contributed by atoms with Crippen LogP contribution in [0, 0.1) is 0 Å². The Morgan fingerprint density at radius 1 is 0.636 bits per heavy atom. The van der Waals surface area contributed by atoms with E-state index in [9.17, 15) is 0 Å². The van der Waals surface area contributed by atoms with Crippen LogP contribution in [0.15, 0.2) is 60.7 Å². The Labute approximate surface area is 132 Å². The van der Waals surface area contributed by atoms with Crippen molar-refractivity contribution in [2.75, 3.05) is 26.3 Å². The van der Waals surface area contributed by atoms with Gasteiger partial charge in [-0.05, 0) is 11.1 Å². The molecule has 0 heterocycles. The molecule has 0 amide bonds. The van der Waals surface area contributed by atoms with Gasteiger partial charge in [0, 0.05) is 13.1 Å². The lowest BCUT2D eigenvalue weighted by atomic mass is 9.98. The summed E-state index contributed by atoms with van der Waals surface area (Å²) < 4.78 is 12.0. The number of hydrogen-bond acceptors (Lipinski definition) is 4. The maximum absolute atomic E-state index is 6.00. The minimum absolute atomic E-state index is 0.210. The summed E-state index contributed by atoms with van der Waals surface area (Å²) in [5.41, 5.74) is 13.4. The van der Waals surface area contributed by atoms with E-state index in [1.165, 1.54) is 0 Å². The maximum Gasteiger partial charge on any atom is 0.113 e. The fourth-order valence-corrected chi connectivity index (χ4v) is 2.39. The molecule has 2 rings (SSSR count).